The molecule has 36 heavy (non-hydrogen) atoms. The molecule has 2 N–H and O–H groups in total. The minimum atomic E-state index is -4.45. The Kier molecular flexibility index (Phi) is 6.90. The summed E-state index contributed by atoms with van der Waals surface area (Å²) in [6, 6.07) is 11.3. The van der Waals surface area contributed by atoms with Crippen LogP contribution in [0.4, 0.5) is 13.2 Å². The lowest BCUT2D eigenvalue weighted by atomic mass is 9.82. The second-order valence-electron chi connectivity index (χ2n) is 9.56. The summed E-state index contributed by atoms with van der Waals surface area (Å²) in [6.07, 6.45) is -0.471. The molecule has 2 aromatic carbocycles. The molecule has 2 aliphatic heterocycles. The molecule has 7 nitrogen and oxygen atoms in total. The maximum Gasteiger partial charge on any atom is 0.416 e. The molecule has 10 heteroatoms. The molecule has 3 aliphatic rings. The van der Waals surface area contributed by atoms with Gasteiger partial charge in [0.05, 0.1) is 11.5 Å². The van der Waals surface area contributed by atoms with Crippen LogP contribution in [0.25, 0.3) is 0 Å². The molecule has 5 rings (SSSR count). The Morgan fingerprint density at radius 3 is 2.39 bits per heavy atom. The minimum absolute atomic E-state index is 0.0541. The van der Waals surface area contributed by atoms with E-state index in [1.807, 2.05) is 0 Å². The number of hydrogen-bond acceptors (Lipinski definition) is 5. The number of fused-ring (bicyclic) bond motifs is 1. The van der Waals surface area contributed by atoms with Gasteiger partial charge in [0.1, 0.15) is 17.8 Å². The van der Waals surface area contributed by atoms with Gasteiger partial charge in [0.25, 0.3) is 5.91 Å². The average molecular weight is 503 g/mol. The third-order valence-electron chi connectivity index (χ3n) is 7.22. The lowest BCUT2D eigenvalue weighted by Gasteiger charge is -2.46. The number of ether oxygens (including phenoxy) is 1. The number of alkyl halides is 3. The Hall–Kier alpha value is -3.11. The molecule has 0 aromatic heterocycles. The first-order valence-electron chi connectivity index (χ1n) is 12.3. The van der Waals surface area contributed by atoms with Crippen LogP contribution in [0.1, 0.15) is 41.6 Å². The van der Waals surface area contributed by atoms with E-state index < -0.39 is 11.7 Å². The Morgan fingerprint density at radius 1 is 0.944 bits per heavy atom. The quantitative estimate of drug-likeness (QED) is 0.665. The van der Waals surface area contributed by atoms with Gasteiger partial charge in [-0.15, -0.1) is 0 Å². The number of rotatable bonds is 4. The molecule has 0 bridgehead atoms. The highest BCUT2D eigenvalue weighted by atomic mass is 19.4. The smallest absolute Gasteiger partial charge is 0.416 e. The van der Waals surface area contributed by atoms with E-state index in [4.69, 9.17) is 4.74 Å². The molecule has 1 saturated carbocycles. The van der Waals surface area contributed by atoms with E-state index >= 15 is 0 Å². The van der Waals surface area contributed by atoms with Crippen molar-refractivity contribution in [3.05, 3.63) is 59.7 Å². The third-order valence-corrected chi connectivity index (χ3v) is 7.22. The zero-order valence-corrected chi connectivity index (χ0v) is 19.8. The third kappa shape index (κ3) is 5.34. The highest BCUT2D eigenvalue weighted by Gasteiger charge is 2.40. The van der Waals surface area contributed by atoms with Gasteiger partial charge in [0.15, 0.2) is 0 Å². The first kappa shape index (κ1) is 24.6. The SMILES string of the molecule is O=C1NC(N2CCN(C(=O)c3ccc(Oc4cccc(C(F)(F)F)c4)cc3)CC2)NC2CCCCC12. The van der Waals surface area contributed by atoms with Gasteiger partial charge < -0.3 is 15.0 Å². The van der Waals surface area contributed by atoms with E-state index in [0.717, 1.165) is 37.8 Å². The summed E-state index contributed by atoms with van der Waals surface area (Å²) in [4.78, 5) is 29.5. The minimum Gasteiger partial charge on any atom is -0.457 e. The van der Waals surface area contributed by atoms with Crippen LogP contribution in [0.15, 0.2) is 48.5 Å². The summed E-state index contributed by atoms with van der Waals surface area (Å²) in [7, 11) is 0. The van der Waals surface area contributed by atoms with Crippen LogP contribution >= 0.6 is 0 Å². The summed E-state index contributed by atoms with van der Waals surface area (Å²) in [6.45, 7) is 2.34. The number of hydrogen-bond donors (Lipinski definition) is 2. The molecule has 0 radical (unpaired) electrons. The average Bonchev–Trinajstić information content (AvgIpc) is 2.88. The van der Waals surface area contributed by atoms with Crippen molar-refractivity contribution < 1.29 is 27.5 Å². The molecule has 3 atom stereocenters. The van der Waals surface area contributed by atoms with E-state index in [2.05, 4.69) is 15.5 Å². The Balaban J connectivity index is 1.15. The van der Waals surface area contributed by atoms with Crippen LogP contribution in [0, 0.1) is 5.92 Å². The first-order valence-corrected chi connectivity index (χ1v) is 12.3. The molecule has 2 aromatic rings. The van der Waals surface area contributed by atoms with Crippen molar-refractivity contribution in [2.45, 2.75) is 44.2 Å². The molecule has 1 aliphatic carbocycles. The fourth-order valence-electron chi connectivity index (χ4n) is 5.23. The number of halogens is 3. The highest BCUT2D eigenvalue weighted by molar-refractivity contribution is 5.94. The van der Waals surface area contributed by atoms with Gasteiger partial charge in [-0.05, 0) is 55.3 Å². The van der Waals surface area contributed by atoms with Crippen molar-refractivity contribution in [2.75, 3.05) is 26.2 Å². The van der Waals surface area contributed by atoms with Crippen LogP contribution in [-0.2, 0) is 11.0 Å². The maximum absolute atomic E-state index is 13.0. The van der Waals surface area contributed by atoms with Crippen molar-refractivity contribution >= 4 is 11.8 Å². The molecule has 2 amide bonds. The monoisotopic (exact) mass is 502 g/mol. The standard InChI is InChI=1S/C26H29F3N4O3/c27-26(28,29)18-4-3-5-20(16-18)36-19-10-8-17(9-11-19)24(35)32-12-14-33(15-13-32)25-30-22-7-2-1-6-21(22)23(34)31-25/h3-5,8-11,16,21-22,25,30H,1-2,6-7,12-15H2,(H,31,34). The van der Waals surface area contributed by atoms with Gasteiger partial charge in [-0.2, -0.15) is 13.2 Å². The predicted molar refractivity (Wildman–Crippen MR) is 126 cm³/mol. The molecule has 2 heterocycles. The molecule has 3 unspecified atom stereocenters. The first-order chi connectivity index (χ1) is 17.3. The lowest BCUT2D eigenvalue weighted by molar-refractivity contribution is -0.137. The summed E-state index contributed by atoms with van der Waals surface area (Å²) in [5, 5.41) is 6.68. The lowest BCUT2D eigenvalue weighted by Crippen LogP contribution is -2.69. The van der Waals surface area contributed by atoms with Crippen molar-refractivity contribution in [2.24, 2.45) is 5.92 Å². The van der Waals surface area contributed by atoms with E-state index in [1.165, 1.54) is 12.1 Å². The summed E-state index contributed by atoms with van der Waals surface area (Å²) >= 11 is 0. The number of nitrogens with zero attached hydrogens (tertiary/aromatic N) is 2. The predicted octanol–water partition coefficient (Wildman–Crippen LogP) is 3.82. The second kappa shape index (κ2) is 10.1. The van der Waals surface area contributed by atoms with E-state index in [9.17, 15) is 22.8 Å². The number of piperazine rings is 1. The zero-order chi connectivity index (χ0) is 25.3. The van der Waals surface area contributed by atoms with Crippen LogP contribution in [0.2, 0.25) is 0 Å². The zero-order valence-electron chi connectivity index (χ0n) is 19.8. The molecule has 2 saturated heterocycles. The highest BCUT2D eigenvalue weighted by Crippen LogP contribution is 2.33. The van der Waals surface area contributed by atoms with Gasteiger partial charge >= 0.3 is 6.18 Å². The fourth-order valence-corrected chi connectivity index (χ4v) is 5.23. The van der Waals surface area contributed by atoms with Crippen LogP contribution in [0.3, 0.4) is 0 Å². The fraction of sp³-hybridized carbons (Fsp3) is 0.462. The molecule has 192 valence electrons. The summed E-state index contributed by atoms with van der Waals surface area (Å²) < 4.78 is 44.3. The topological polar surface area (TPSA) is 73.9 Å². The molecule has 3 fully saturated rings. The van der Waals surface area contributed by atoms with Crippen molar-refractivity contribution in [1.82, 2.24) is 20.4 Å². The van der Waals surface area contributed by atoms with Crippen molar-refractivity contribution in [3.63, 3.8) is 0 Å². The molecule has 0 spiro atoms. The number of carbonyl (C=O) groups excluding carboxylic acids is 2. The van der Waals surface area contributed by atoms with Gasteiger partial charge in [-0.25, -0.2) is 0 Å². The normalized spacial score (nSPS) is 25.1. The van der Waals surface area contributed by atoms with Gasteiger partial charge in [0.2, 0.25) is 5.91 Å². The molecular formula is C26H29F3N4O3. The number of benzene rings is 2. The van der Waals surface area contributed by atoms with Crippen LogP contribution in [0.5, 0.6) is 11.5 Å². The van der Waals surface area contributed by atoms with Gasteiger partial charge in [-0.1, -0.05) is 18.9 Å². The number of carbonyl (C=O) groups is 2. The summed E-state index contributed by atoms with van der Waals surface area (Å²) in [5.74, 6) is 0.472. The number of nitrogens with one attached hydrogen (secondary N) is 2. The van der Waals surface area contributed by atoms with Crippen molar-refractivity contribution in [1.29, 1.82) is 0 Å². The number of amides is 2. The van der Waals surface area contributed by atoms with Gasteiger partial charge in [-0.3, -0.25) is 19.8 Å². The Morgan fingerprint density at radius 2 is 1.67 bits per heavy atom. The largest absolute Gasteiger partial charge is 0.457 e. The van der Waals surface area contributed by atoms with E-state index in [-0.39, 0.29) is 35.8 Å². The van der Waals surface area contributed by atoms with Crippen LogP contribution in [-0.4, -0.2) is 60.1 Å². The van der Waals surface area contributed by atoms with E-state index in [1.54, 1.807) is 29.2 Å². The molecular weight excluding hydrogens is 473 g/mol. The van der Waals surface area contributed by atoms with Crippen LogP contribution < -0.4 is 15.4 Å². The maximum atomic E-state index is 13.0. The Labute approximate surface area is 207 Å². The van der Waals surface area contributed by atoms with Gasteiger partial charge in [0, 0.05) is 37.8 Å². The van der Waals surface area contributed by atoms with E-state index in [0.29, 0.717) is 37.5 Å². The summed E-state index contributed by atoms with van der Waals surface area (Å²) in [5.41, 5.74) is -0.304. The second-order valence-corrected chi connectivity index (χ2v) is 9.56. The Bertz CT molecular complexity index is 1100. The van der Waals surface area contributed by atoms with Crippen molar-refractivity contribution in [3.8, 4) is 11.5 Å².